The summed E-state index contributed by atoms with van der Waals surface area (Å²) in [7, 11) is 0. The molecule has 1 aliphatic rings. The summed E-state index contributed by atoms with van der Waals surface area (Å²) in [4.78, 5) is 19.4. The quantitative estimate of drug-likeness (QED) is 0.596. The molecule has 1 aliphatic heterocycles. The van der Waals surface area contributed by atoms with E-state index in [-0.39, 0.29) is 6.42 Å². The highest BCUT2D eigenvalue weighted by atomic mass is 32.2. The Kier molecular flexibility index (Phi) is 7.30. The summed E-state index contributed by atoms with van der Waals surface area (Å²) in [5.41, 5.74) is 2.26. The van der Waals surface area contributed by atoms with Crippen LogP contribution in [0.2, 0.25) is 0 Å². The lowest BCUT2D eigenvalue weighted by Gasteiger charge is -2.34. The van der Waals surface area contributed by atoms with Gasteiger partial charge in [-0.15, -0.1) is 0 Å². The van der Waals surface area contributed by atoms with Crippen molar-refractivity contribution in [3.63, 3.8) is 0 Å². The molecule has 0 saturated carbocycles. The van der Waals surface area contributed by atoms with Gasteiger partial charge in [-0.25, -0.2) is 4.99 Å². The number of nitrogens with one attached hydrogen (secondary N) is 1. The van der Waals surface area contributed by atoms with Crippen LogP contribution in [0.15, 0.2) is 65.7 Å². The van der Waals surface area contributed by atoms with Crippen molar-refractivity contribution in [2.45, 2.75) is 13.0 Å². The number of hydrogen-bond donors (Lipinski definition) is 1. The standard InChI is InChI=1S/C21H25N3O2S/c25-20(26)11-16-27-21(22-19-9-5-2-6-10-19)24-14-12-23(13-15-24)17-18-7-3-1-4-8-18/h1-10H,11-17H2,(H,25,26). The summed E-state index contributed by atoms with van der Waals surface area (Å²) in [5, 5.41) is 11.7. The first kappa shape index (κ1) is 19.5. The molecule has 3 rings (SSSR count). The number of nitrogens with zero attached hydrogens (tertiary/aromatic N) is 2. The molecule has 5 nitrogen and oxygen atoms in total. The Morgan fingerprint density at radius 3 is 2.30 bits per heavy atom. The van der Waals surface area contributed by atoms with Crippen molar-refractivity contribution in [2.24, 2.45) is 4.99 Å². The van der Waals surface area contributed by atoms with Crippen molar-refractivity contribution in [1.82, 2.24) is 4.90 Å². The second kappa shape index (κ2) is 10.1. The number of carbonyl (C=O) groups excluding carboxylic acids is 1. The van der Waals surface area contributed by atoms with Gasteiger partial charge in [-0.05, 0) is 18.6 Å². The van der Waals surface area contributed by atoms with Crippen LogP contribution in [0.5, 0.6) is 0 Å². The van der Waals surface area contributed by atoms with Crippen LogP contribution >= 0.6 is 11.8 Å². The van der Waals surface area contributed by atoms with Gasteiger partial charge < -0.3 is 19.7 Å². The SMILES string of the molecule is O=C([O-])CCSC(=Nc1ccccc1)N1CC[NH+](Cc2ccccc2)CC1. The van der Waals surface area contributed by atoms with Crippen molar-refractivity contribution < 1.29 is 14.8 Å². The van der Waals surface area contributed by atoms with Gasteiger partial charge in [-0.3, -0.25) is 0 Å². The van der Waals surface area contributed by atoms with E-state index in [4.69, 9.17) is 4.99 Å². The number of aliphatic imine (C=N–C) groups is 1. The molecule has 142 valence electrons. The molecule has 1 heterocycles. The van der Waals surface area contributed by atoms with Gasteiger partial charge in [-0.1, -0.05) is 60.3 Å². The first-order valence-electron chi connectivity index (χ1n) is 9.29. The molecule has 0 aromatic heterocycles. The smallest absolute Gasteiger partial charge is 0.164 e. The summed E-state index contributed by atoms with van der Waals surface area (Å²) in [6, 6.07) is 20.4. The number of benzene rings is 2. The highest BCUT2D eigenvalue weighted by molar-refractivity contribution is 8.13. The molecule has 0 bridgehead atoms. The van der Waals surface area contributed by atoms with E-state index in [1.54, 1.807) is 4.90 Å². The third-order valence-corrected chi connectivity index (χ3v) is 5.57. The fraction of sp³-hybridized carbons (Fsp3) is 0.333. The van der Waals surface area contributed by atoms with Gasteiger partial charge >= 0.3 is 0 Å². The second-order valence-electron chi connectivity index (χ2n) is 6.60. The predicted octanol–water partition coefficient (Wildman–Crippen LogP) is 0.948. The van der Waals surface area contributed by atoms with Gasteiger partial charge in [0.15, 0.2) is 5.17 Å². The Labute approximate surface area is 164 Å². The summed E-state index contributed by atoms with van der Waals surface area (Å²) < 4.78 is 0. The molecule has 0 amide bonds. The molecule has 1 N–H and O–H groups in total. The maximum Gasteiger partial charge on any atom is 0.164 e. The zero-order chi connectivity index (χ0) is 18.9. The van der Waals surface area contributed by atoms with Gasteiger partial charge in [-0.2, -0.15) is 0 Å². The molecule has 2 aromatic rings. The number of carboxylic acids is 1. The molecule has 0 unspecified atom stereocenters. The first-order chi connectivity index (χ1) is 13.2. The monoisotopic (exact) mass is 383 g/mol. The summed E-state index contributed by atoms with van der Waals surface area (Å²) in [5.74, 6) is -0.538. The number of para-hydroxylation sites is 1. The number of rotatable bonds is 6. The van der Waals surface area contributed by atoms with Crippen molar-refractivity contribution >= 4 is 28.6 Å². The van der Waals surface area contributed by atoms with Crippen LogP contribution in [0.25, 0.3) is 0 Å². The number of carboxylic acid groups (broad SMARTS) is 1. The Hall–Kier alpha value is -2.31. The van der Waals surface area contributed by atoms with E-state index in [2.05, 4.69) is 29.2 Å². The van der Waals surface area contributed by atoms with Crippen LogP contribution in [0.1, 0.15) is 12.0 Å². The highest BCUT2D eigenvalue weighted by Crippen LogP contribution is 2.18. The normalized spacial score (nSPS) is 15.7. The number of aliphatic carboxylic acids is 1. The number of hydrogen-bond acceptors (Lipinski definition) is 4. The van der Waals surface area contributed by atoms with E-state index in [1.165, 1.54) is 17.3 Å². The zero-order valence-corrected chi connectivity index (χ0v) is 16.2. The maximum absolute atomic E-state index is 10.8. The van der Waals surface area contributed by atoms with Crippen molar-refractivity contribution in [3.8, 4) is 0 Å². The third-order valence-electron chi connectivity index (χ3n) is 4.56. The molecular weight excluding hydrogens is 358 g/mol. The second-order valence-corrected chi connectivity index (χ2v) is 7.66. The predicted molar refractivity (Wildman–Crippen MR) is 108 cm³/mol. The van der Waals surface area contributed by atoms with Crippen molar-refractivity contribution in [1.29, 1.82) is 0 Å². The Balaban J connectivity index is 1.61. The molecule has 0 radical (unpaired) electrons. The molecule has 2 aromatic carbocycles. The van der Waals surface area contributed by atoms with Crippen LogP contribution in [-0.4, -0.2) is 48.0 Å². The van der Waals surface area contributed by atoms with Crippen molar-refractivity contribution in [2.75, 3.05) is 31.9 Å². The van der Waals surface area contributed by atoms with Crippen LogP contribution in [0.4, 0.5) is 5.69 Å². The fourth-order valence-electron chi connectivity index (χ4n) is 3.11. The molecule has 1 saturated heterocycles. The molecule has 27 heavy (non-hydrogen) atoms. The largest absolute Gasteiger partial charge is 0.550 e. The lowest BCUT2D eigenvalue weighted by atomic mass is 10.2. The van der Waals surface area contributed by atoms with E-state index < -0.39 is 5.97 Å². The average molecular weight is 384 g/mol. The first-order valence-corrected chi connectivity index (χ1v) is 10.3. The van der Waals surface area contributed by atoms with Crippen LogP contribution in [-0.2, 0) is 11.3 Å². The number of quaternary nitrogens is 1. The molecule has 1 fully saturated rings. The lowest BCUT2D eigenvalue weighted by Crippen LogP contribution is -3.13. The average Bonchev–Trinajstić information content (AvgIpc) is 2.69. The Morgan fingerprint density at radius 2 is 1.67 bits per heavy atom. The number of thioether (sulfide) groups is 1. The Bertz CT molecular complexity index is 745. The molecule has 6 heteroatoms. The number of amidine groups is 1. The maximum atomic E-state index is 10.8. The van der Waals surface area contributed by atoms with Gasteiger partial charge in [0.25, 0.3) is 0 Å². The third kappa shape index (κ3) is 6.41. The lowest BCUT2D eigenvalue weighted by molar-refractivity contribution is -0.917. The van der Waals surface area contributed by atoms with E-state index in [1.807, 2.05) is 36.4 Å². The number of piperazine rings is 1. The van der Waals surface area contributed by atoms with Crippen LogP contribution < -0.4 is 10.0 Å². The van der Waals surface area contributed by atoms with Gasteiger partial charge in [0, 0.05) is 17.3 Å². The summed E-state index contributed by atoms with van der Waals surface area (Å²) in [6.07, 6.45) is 0.0394. The van der Waals surface area contributed by atoms with E-state index >= 15 is 0 Å². The summed E-state index contributed by atoms with van der Waals surface area (Å²) in [6.45, 7) is 4.98. The minimum atomic E-state index is -1.02. The minimum absolute atomic E-state index is 0.0394. The van der Waals surface area contributed by atoms with Gasteiger partial charge in [0.1, 0.15) is 6.54 Å². The summed E-state index contributed by atoms with van der Waals surface area (Å²) >= 11 is 1.50. The fourth-order valence-corrected chi connectivity index (χ4v) is 4.09. The van der Waals surface area contributed by atoms with Gasteiger partial charge in [0.2, 0.25) is 0 Å². The van der Waals surface area contributed by atoms with Crippen LogP contribution in [0.3, 0.4) is 0 Å². The van der Waals surface area contributed by atoms with E-state index in [0.29, 0.717) is 5.75 Å². The Morgan fingerprint density at radius 1 is 1.04 bits per heavy atom. The van der Waals surface area contributed by atoms with E-state index in [9.17, 15) is 9.90 Å². The van der Waals surface area contributed by atoms with E-state index in [0.717, 1.165) is 43.6 Å². The molecular formula is C21H25N3O2S. The van der Waals surface area contributed by atoms with Gasteiger partial charge in [0.05, 0.1) is 31.9 Å². The van der Waals surface area contributed by atoms with Crippen molar-refractivity contribution in [3.05, 3.63) is 66.2 Å². The minimum Gasteiger partial charge on any atom is -0.550 e. The number of carbonyl (C=O) groups is 1. The zero-order valence-electron chi connectivity index (χ0n) is 15.3. The molecule has 0 spiro atoms. The highest BCUT2D eigenvalue weighted by Gasteiger charge is 2.23. The topological polar surface area (TPSA) is 60.2 Å². The van der Waals surface area contributed by atoms with Crippen LogP contribution in [0, 0.1) is 0 Å². The molecule has 0 atom stereocenters. The molecule has 0 aliphatic carbocycles.